The Bertz CT molecular complexity index is 267. The molecule has 1 heterocycles. The molecule has 0 aromatic carbocycles. The molecule has 4 heteroatoms. The molecule has 1 rings (SSSR count). The third-order valence-electron chi connectivity index (χ3n) is 2.91. The van der Waals surface area contributed by atoms with Gasteiger partial charge in [-0.3, -0.25) is 4.79 Å². The van der Waals surface area contributed by atoms with Crippen LogP contribution in [0.4, 0.5) is 0 Å². The van der Waals surface area contributed by atoms with Crippen LogP contribution in [-0.2, 0) is 9.53 Å². The van der Waals surface area contributed by atoms with Crippen molar-refractivity contribution in [3.05, 3.63) is 0 Å². The Labute approximate surface area is 97.2 Å². The third kappa shape index (κ3) is 3.49. The number of nitriles is 1. The van der Waals surface area contributed by atoms with Gasteiger partial charge in [-0.05, 0) is 19.3 Å². The molecular formula is C12H20N2O2. The normalized spacial score (nSPS) is 21.4. The number of hydrogen-bond donors (Lipinski definition) is 0. The number of hydrogen-bond acceptors (Lipinski definition) is 3. The summed E-state index contributed by atoms with van der Waals surface area (Å²) in [5.74, 6) is -0.559. The van der Waals surface area contributed by atoms with Gasteiger partial charge in [0.05, 0.1) is 12.2 Å². The molecule has 0 spiro atoms. The topological polar surface area (TPSA) is 53.3 Å². The number of likely N-dealkylation sites (N-methyl/N-ethyl adjacent to an activating group) is 1. The second kappa shape index (κ2) is 6.49. The second-order valence-corrected chi connectivity index (χ2v) is 4.32. The fourth-order valence-corrected chi connectivity index (χ4v) is 1.98. The summed E-state index contributed by atoms with van der Waals surface area (Å²) in [5, 5.41) is 8.91. The second-order valence-electron chi connectivity index (χ2n) is 4.32. The zero-order chi connectivity index (χ0) is 12.0. The maximum atomic E-state index is 11.9. The molecule has 16 heavy (non-hydrogen) atoms. The van der Waals surface area contributed by atoms with Gasteiger partial charge in [-0.2, -0.15) is 5.26 Å². The van der Waals surface area contributed by atoms with Crippen LogP contribution in [-0.4, -0.2) is 37.1 Å². The van der Waals surface area contributed by atoms with Crippen LogP contribution < -0.4 is 0 Å². The Hall–Kier alpha value is -1.08. The molecule has 0 bridgehead atoms. The van der Waals surface area contributed by atoms with E-state index in [4.69, 9.17) is 10.00 Å². The molecule has 2 atom stereocenters. The van der Waals surface area contributed by atoms with E-state index >= 15 is 0 Å². The fraction of sp³-hybridized carbons (Fsp3) is 0.833. The summed E-state index contributed by atoms with van der Waals surface area (Å²) < 4.78 is 5.47. The summed E-state index contributed by atoms with van der Waals surface area (Å²) in [6.07, 6.45) is 3.75. The van der Waals surface area contributed by atoms with Gasteiger partial charge in [-0.15, -0.1) is 0 Å². The molecule has 0 aliphatic carbocycles. The Balaban J connectivity index is 2.42. The summed E-state index contributed by atoms with van der Waals surface area (Å²) in [7, 11) is 1.75. The van der Waals surface area contributed by atoms with Crippen molar-refractivity contribution in [2.75, 3.05) is 20.2 Å². The molecule has 2 unspecified atom stereocenters. The van der Waals surface area contributed by atoms with Crippen molar-refractivity contribution < 1.29 is 9.53 Å². The lowest BCUT2D eigenvalue weighted by Gasteiger charge is -2.22. The number of carbonyl (C=O) groups is 1. The van der Waals surface area contributed by atoms with Gasteiger partial charge in [0.25, 0.3) is 0 Å². The van der Waals surface area contributed by atoms with E-state index in [1.165, 1.54) is 0 Å². The summed E-state index contributed by atoms with van der Waals surface area (Å²) in [6, 6.07) is 2.08. The van der Waals surface area contributed by atoms with Crippen molar-refractivity contribution in [3.63, 3.8) is 0 Å². The molecule has 0 N–H and O–H groups in total. The smallest absolute Gasteiger partial charge is 0.239 e. The van der Waals surface area contributed by atoms with Gasteiger partial charge < -0.3 is 9.64 Å². The molecule has 1 fully saturated rings. The molecule has 1 aliphatic rings. The molecule has 1 amide bonds. The number of nitrogens with zero attached hydrogens (tertiary/aromatic N) is 2. The first-order valence-corrected chi connectivity index (χ1v) is 5.95. The quantitative estimate of drug-likeness (QED) is 0.712. The van der Waals surface area contributed by atoms with Gasteiger partial charge in [0.15, 0.2) is 0 Å². The van der Waals surface area contributed by atoms with Crippen LogP contribution in [0.1, 0.15) is 32.6 Å². The zero-order valence-electron chi connectivity index (χ0n) is 10.1. The van der Waals surface area contributed by atoms with Gasteiger partial charge in [0.2, 0.25) is 5.91 Å². The predicted molar refractivity (Wildman–Crippen MR) is 60.6 cm³/mol. The molecule has 1 saturated heterocycles. The van der Waals surface area contributed by atoms with Crippen LogP contribution in [0.15, 0.2) is 0 Å². The van der Waals surface area contributed by atoms with Crippen LogP contribution in [0.3, 0.4) is 0 Å². The van der Waals surface area contributed by atoms with Gasteiger partial charge in [-0.25, -0.2) is 0 Å². The Morgan fingerprint density at radius 2 is 2.44 bits per heavy atom. The van der Waals surface area contributed by atoms with Crippen molar-refractivity contribution in [2.45, 2.75) is 38.7 Å². The van der Waals surface area contributed by atoms with Crippen LogP contribution in [0.25, 0.3) is 0 Å². The Kier molecular flexibility index (Phi) is 5.27. The molecule has 0 radical (unpaired) electrons. The number of ether oxygens (including phenoxy) is 1. The largest absolute Gasteiger partial charge is 0.376 e. The number of amides is 1. The SMILES string of the molecule is CCCC(C#N)C(=O)N(C)CC1CCCO1. The summed E-state index contributed by atoms with van der Waals surface area (Å²) in [5.41, 5.74) is 0. The Morgan fingerprint density at radius 1 is 1.69 bits per heavy atom. The molecule has 90 valence electrons. The summed E-state index contributed by atoms with van der Waals surface area (Å²) in [6.45, 7) is 3.39. The highest BCUT2D eigenvalue weighted by molar-refractivity contribution is 5.80. The van der Waals surface area contributed by atoms with Crippen molar-refractivity contribution >= 4 is 5.91 Å². The first-order valence-electron chi connectivity index (χ1n) is 5.95. The molecule has 1 aliphatic heterocycles. The van der Waals surface area contributed by atoms with Crippen LogP contribution in [0.2, 0.25) is 0 Å². The summed E-state index contributed by atoms with van der Waals surface area (Å²) >= 11 is 0. The van der Waals surface area contributed by atoms with E-state index in [2.05, 4.69) is 6.07 Å². The van der Waals surface area contributed by atoms with E-state index in [0.717, 1.165) is 25.9 Å². The average Bonchev–Trinajstić information content (AvgIpc) is 2.77. The van der Waals surface area contributed by atoms with Gasteiger partial charge in [0.1, 0.15) is 5.92 Å². The summed E-state index contributed by atoms with van der Waals surface area (Å²) in [4.78, 5) is 13.5. The predicted octanol–water partition coefficient (Wildman–Crippen LogP) is 1.56. The highest BCUT2D eigenvalue weighted by atomic mass is 16.5. The van der Waals surface area contributed by atoms with Crippen LogP contribution >= 0.6 is 0 Å². The van der Waals surface area contributed by atoms with E-state index in [-0.39, 0.29) is 12.0 Å². The monoisotopic (exact) mass is 224 g/mol. The maximum Gasteiger partial charge on any atom is 0.239 e. The van der Waals surface area contributed by atoms with Gasteiger partial charge in [0, 0.05) is 20.2 Å². The van der Waals surface area contributed by atoms with Crippen molar-refractivity contribution in [2.24, 2.45) is 5.92 Å². The standard InChI is InChI=1S/C12H20N2O2/c1-3-5-10(8-13)12(15)14(2)9-11-6-4-7-16-11/h10-11H,3-7,9H2,1-2H3. The van der Waals surface area contributed by atoms with Crippen molar-refractivity contribution in [1.29, 1.82) is 5.26 Å². The minimum Gasteiger partial charge on any atom is -0.376 e. The molecule has 0 aromatic heterocycles. The van der Waals surface area contributed by atoms with Crippen molar-refractivity contribution in [3.8, 4) is 6.07 Å². The molecule has 0 saturated carbocycles. The zero-order valence-corrected chi connectivity index (χ0v) is 10.1. The lowest BCUT2D eigenvalue weighted by molar-refractivity contribution is -0.134. The fourth-order valence-electron chi connectivity index (χ4n) is 1.98. The van der Waals surface area contributed by atoms with E-state index in [9.17, 15) is 4.79 Å². The highest BCUT2D eigenvalue weighted by Gasteiger charge is 2.24. The highest BCUT2D eigenvalue weighted by Crippen LogP contribution is 2.15. The van der Waals surface area contributed by atoms with E-state index in [1.807, 2.05) is 6.92 Å². The van der Waals surface area contributed by atoms with E-state index in [1.54, 1.807) is 11.9 Å². The maximum absolute atomic E-state index is 11.9. The van der Waals surface area contributed by atoms with E-state index < -0.39 is 5.92 Å². The Morgan fingerprint density at radius 3 is 2.94 bits per heavy atom. The first kappa shape index (κ1) is 13.0. The van der Waals surface area contributed by atoms with E-state index in [0.29, 0.717) is 13.0 Å². The first-order chi connectivity index (χ1) is 7.69. The minimum atomic E-state index is -0.489. The van der Waals surface area contributed by atoms with Crippen LogP contribution in [0, 0.1) is 17.2 Å². The number of carbonyl (C=O) groups excluding carboxylic acids is 1. The minimum absolute atomic E-state index is 0.0696. The lowest BCUT2D eigenvalue weighted by atomic mass is 10.0. The molecule has 4 nitrogen and oxygen atoms in total. The third-order valence-corrected chi connectivity index (χ3v) is 2.91. The average molecular weight is 224 g/mol. The molecule has 0 aromatic rings. The van der Waals surface area contributed by atoms with Crippen molar-refractivity contribution in [1.82, 2.24) is 4.90 Å². The van der Waals surface area contributed by atoms with Crippen LogP contribution in [0.5, 0.6) is 0 Å². The number of rotatable bonds is 5. The van der Waals surface area contributed by atoms with Gasteiger partial charge in [-0.1, -0.05) is 13.3 Å². The lowest BCUT2D eigenvalue weighted by Crippen LogP contribution is -2.37. The molecular weight excluding hydrogens is 204 g/mol. The van der Waals surface area contributed by atoms with Gasteiger partial charge >= 0.3 is 0 Å².